The van der Waals surface area contributed by atoms with Gasteiger partial charge in [-0.25, -0.2) is 4.98 Å². The Morgan fingerprint density at radius 2 is 2.00 bits per heavy atom. The van der Waals surface area contributed by atoms with E-state index in [4.69, 9.17) is 0 Å². The average Bonchev–Trinajstić information content (AvgIpc) is 2.88. The van der Waals surface area contributed by atoms with Crippen molar-refractivity contribution in [3.63, 3.8) is 0 Å². The van der Waals surface area contributed by atoms with Crippen LogP contribution in [0.1, 0.15) is 21.7 Å². The van der Waals surface area contributed by atoms with Gasteiger partial charge in [-0.3, -0.25) is 4.79 Å². The molecule has 0 aliphatic heterocycles. The number of carbonyl (C=O) groups is 1. The SMILES string of the molecule is Cc1nc2cc(CCNC(=O)c3cccc(N(C)C)c3)ccc2n1C. The number of imidazole rings is 1. The van der Waals surface area contributed by atoms with Crippen molar-refractivity contribution in [2.75, 3.05) is 25.5 Å². The van der Waals surface area contributed by atoms with E-state index in [-0.39, 0.29) is 5.91 Å². The molecule has 0 radical (unpaired) electrons. The summed E-state index contributed by atoms with van der Waals surface area (Å²) < 4.78 is 2.08. The molecule has 3 aromatic rings. The maximum absolute atomic E-state index is 12.3. The molecule has 5 heteroatoms. The summed E-state index contributed by atoms with van der Waals surface area (Å²) in [5, 5.41) is 3.00. The summed E-state index contributed by atoms with van der Waals surface area (Å²) in [6.45, 7) is 2.60. The molecule has 5 nitrogen and oxygen atoms in total. The Morgan fingerprint density at radius 1 is 1.20 bits per heavy atom. The average molecular weight is 336 g/mol. The third kappa shape index (κ3) is 3.65. The van der Waals surface area contributed by atoms with Crippen LogP contribution in [0.3, 0.4) is 0 Å². The molecule has 25 heavy (non-hydrogen) atoms. The Kier molecular flexibility index (Phi) is 4.74. The number of hydrogen-bond donors (Lipinski definition) is 1. The molecule has 0 saturated carbocycles. The summed E-state index contributed by atoms with van der Waals surface area (Å²) in [4.78, 5) is 18.9. The van der Waals surface area contributed by atoms with Crippen molar-refractivity contribution in [3.05, 3.63) is 59.4 Å². The van der Waals surface area contributed by atoms with Gasteiger partial charge in [-0.2, -0.15) is 0 Å². The first-order valence-electron chi connectivity index (χ1n) is 8.43. The zero-order valence-corrected chi connectivity index (χ0v) is 15.2. The minimum atomic E-state index is -0.0431. The van der Waals surface area contributed by atoms with E-state index in [1.54, 1.807) is 0 Å². The number of aryl methyl sites for hydroxylation is 2. The van der Waals surface area contributed by atoms with Gasteiger partial charge in [-0.1, -0.05) is 12.1 Å². The molecule has 2 aromatic carbocycles. The standard InChI is InChI=1S/C20H24N4O/c1-14-22-18-12-15(8-9-19(18)24(14)4)10-11-21-20(25)16-6-5-7-17(13-16)23(2)3/h5-9,12-13H,10-11H2,1-4H3,(H,21,25). The van der Waals surface area contributed by atoms with E-state index in [2.05, 4.69) is 33.1 Å². The molecule has 0 spiro atoms. The fourth-order valence-electron chi connectivity index (χ4n) is 2.87. The Labute approximate surface area is 148 Å². The number of nitrogens with one attached hydrogen (secondary N) is 1. The molecule has 0 aliphatic carbocycles. The summed E-state index contributed by atoms with van der Waals surface area (Å²) >= 11 is 0. The van der Waals surface area contributed by atoms with Crippen molar-refractivity contribution in [3.8, 4) is 0 Å². The molecule has 0 fully saturated rings. The van der Waals surface area contributed by atoms with Crippen LogP contribution in [-0.2, 0) is 13.5 Å². The zero-order valence-electron chi connectivity index (χ0n) is 15.2. The Morgan fingerprint density at radius 3 is 2.76 bits per heavy atom. The van der Waals surface area contributed by atoms with Crippen molar-refractivity contribution in [2.24, 2.45) is 7.05 Å². The number of fused-ring (bicyclic) bond motifs is 1. The van der Waals surface area contributed by atoms with Gasteiger partial charge in [0.25, 0.3) is 5.91 Å². The molecular formula is C20H24N4O. The lowest BCUT2D eigenvalue weighted by Gasteiger charge is -2.13. The number of amides is 1. The van der Waals surface area contributed by atoms with E-state index in [0.29, 0.717) is 12.1 Å². The van der Waals surface area contributed by atoms with Gasteiger partial charge in [0.2, 0.25) is 0 Å². The van der Waals surface area contributed by atoms with E-state index in [1.165, 1.54) is 5.56 Å². The molecular weight excluding hydrogens is 312 g/mol. The summed E-state index contributed by atoms with van der Waals surface area (Å²) in [5.41, 5.74) is 5.01. The predicted molar refractivity (Wildman–Crippen MR) is 102 cm³/mol. The lowest BCUT2D eigenvalue weighted by atomic mass is 10.1. The Hall–Kier alpha value is -2.82. The molecule has 1 heterocycles. The smallest absolute Gasteiger partial charge is 0.251 e. The van der Waals surface area contributed by atoms with Crippen LogP contribution < -0.4 is 10.2 Å². The van der Waals surface area contributed by atoms with E-state index in [0.717, 1.165) is 29.0 Å². The number of nitrogens with zero attached hydrogens (tertiary/aromatic N) is 3. The van der Waals surface area contributed by atoms with Crippen LogP contribution in [0.25, 0.3) is 11.0 Å². The summed E-state index contributed by atoms with van der Waals surface area (Å²) in [5.74, 6) is 0.958. The second kappa shape index (κ2) is 6.97. The lowest BCUT2D eigenvalue weighted by molar-refractivity contribution is 0.0954. The maximum Gasteiger partial charge on any atom is 0.251 e. The number of hydrogen-bond acceptors (Lipinski definition) is 3. The lowest BCUT2D eigenvalue weighted by Crippen LogP contribution is -2.26. The number of benzene rings is 2. The van der Waals surface area contributed by atoms with Gasteiger partial charge in [-0.05, 0) is 49.2 Å². The van der Waals surface area contributed by atoms with Crippen LogP contribution in [0, 0.1) is 6.92 Å². The highest BCUT2D eigenvalue weighted by molar-refractivity contribution is 5.95. The van der Waals surface area contributed by atoms with E-state index < -0.39 is 0 Å². The van der Waals surface area contributed by atoms with Crippen LogP contribution in [0.15, 0.2) is 42.5 Å². The highest BCUT2D eigenvalue weighted by atomic mass is 16.1. The zero-order chi connectivity index (χ0) is 18.0. The van der Waals surface area contributed by atoms with Crippen LogP contribution in [-0.4, -0.2) is 36.1 Å². The van der Waals surface area contributed by atoms with Gasteiger partial charge >= 0.3 is 0 Å². The van der Waals surface area contributed by atoms with Crippen LogP contribution in [0.2, 0.25) is 0 Å². The first-order valence-corrected chi connectivity index (χ1v) is 8.43. The number of rotatable bonds is 5. The first kappa shape index (κ1) is 17.0. The van der Waals surface area contributed by atoms with Gasteiger partial charge < -0.3 is 14.8 Å². The second-order valence-corrected chi connectivity index (χ2v) is 6.49. The van der Waals surface area contributed by atoms with Gasteiger partial charge in [0.15, 0.2) is 0 Å². The van der Waals surface area contributed by atoms with Gasteiger partial charge in [0.1, 0.15) is 5.82 Å². The Balaban J connectivity index is 1.62. The van der Waals surface area contributed by atoms with Gasteiger partial charge in [0.05, 0.1) is 11.0 Å². The van der Waals surface area contributed by atoms with Crippen molar-refractivity contribution >= 4 is 22.6 Å². The maximum atomic E-state index is 12.3. The fraction of sp³-hybridized carbons (Fsp3) is 0.300. The molecule has 0 aliphatic rings. The molecule has 3 rings (SSSR count). The largest absolute Gasteiger partial charge is 0.378 e. The van der Waals surface area contributed by atoms with Crippen LogP contribution in [0.5, 0.6) is 0 Å². The first-order chi connectivity index (χ1) is 12.0. The highest BCUT2D eigenvalue weighted by Crippen LogP contribution is 2.17. The van der Waals surface area contributed by atoms with Crippen LogP contribution in [0.4, 0.5) is 5.69 Å². The van der Waals surface area contributed by atoms with E-state index in [9.17, 15) is 4.79 Å². The van der Waals surface area contributed by atoms with E-state index >= 15 is 0 Å². The Bertz CT molecular complexity index is 911. The number of carbonyl (C=O) groups excluding carboxylic acids is 1. The molecule has 1 N–H and O–H groups in total. The topological polar surface area (TPSA) is 50.2 Å². The fourth-order valence-corrected chi connectivity index (χ4v) is 2.87. The molecule has 0 unspecified atom stereocenters. The minimum absolute atomic E-state index is 0.0431. The minimum Gasteiger partial charge on any atom is -0.378 e. The third-order valence-corrected chi connectivity index (χ3v) is 4.49. The quantitative estimate of drug-likeness (QED) is 0.779. The monoisotopic (exact) mass is 336 g/mol. The molecule has 1 amide bonds. The molecule has 0 bridgehead atoms. The van der Waals surface area contributed by atoms with Gasteiger partial charge in [-0.15, -0.1) is 0 Å². The van der Waals surface area contributed by atoms with Crippen LogP contribution >= 0.6 is 0 Å². The summed E-state index contributed by atoms with van der Waals surface area (Å²) in [6.07, 6.45) is 0.782. The van der Waals surface area contributed by atoms with Crippen molar-refractivity contribution < 1.29 is 4.79 Å². The number of aromatic nitrogens is 2. The third-order valence-electron chi connectivity index (χ3n) is 4.49. The van der Waals surface area contributed by atoms with E-state index in [1.807, 2.05) is 57.2 Å². The molecule has 130 valence electrons. The summed E-state index contributed by atoms with van der Waals surface area (Å²) in [7, 11) is 5.95. The van der Waals surface area contributed by atoms with Crippen molar-refractivity contribution in [2.45, 2.75) is 13.3 Å². The van der Waals surface area contributed by atoms with Gasteiger partial charge in [0, 0.05) is 38.9 Å². The van der Waals surface area contributed by atoms with Crippen molar-refractivity contribution in [1.82, 2.24) is 14.9 Å². The summed E-state index contributed by atoms with van der Waals surface area (Å²) in [6, 6.07) is 13.9. The predicted octanol–water partition coefficient (Wildman–Crippen LogP) is 2.92. The van der Waals surface area contributed by atoms with Crippen molar-refractivity contribution in [1.29, 1.82) is 0 Å². The molecule has 1 aromatic heterocycles. The number of anilines is 1. The molecule has 0 saturated heterocycles. The highest BCUT2D eigenvalue weighted by Gasteiger charge is 2.08. The molecule has 0 atom stereocenters. The second-order valence-electron chi connectivity index (χ2n) is 6.49. The normalized spacial score (nSPS) is 10.9.